The maximum Gasteiger partial charge on any atom is 0.469 e. The largest absolute Gasteiger partial charge is 0.469 e. The van der Waals surface area contributed by atoms with Crippen LogP contribution in [0.4, 0.5) is 0 Å². The van der Waals surface area contributed by atoms with Gasteiger partial charge in [0, 0.05) is 5.92 Å². The fourth-order valence-corrected chi connectivity index (χ4v) is 3.49. The van der Waals surface area contributed by atoms with Crippen LogP contribution < -0.4 is 5.32 Å². The molecule has 1 aliphatic heterocycles. The zero-order valence-electron chi connectivity index (χ0n) is 10.3. The van der Waals surface area contributed by atoms with E-state index in [9.17, 15) is 4.57 Å². The van der Waals surface area contributed by atoms with Gasteiger partial charge in [-0.3, -0.25) is 9.84 Å². The van der Waals surface area contributed by atoms with Gasteiger partial charge in [-0.2, -0.15) is 0 Å². The zero-order chi connectivity index (χ0) is 12.9. The van der Waals surface area contributed by atoms with Crippen LogP contribution in [0.3, 0.4) is 0 Å². The summed E-state index contributed by atoms with van der Waals surface area (Å²) in [6.45, 7) is 3.65. The van der Waals surface area contributed by atoms with Crippen molar-refractivity contribution in [2.45, 2.75) is 50.5 Å². The maximum absolute atomic E-state index is 10.9. The molecule has 2 aliphatic rings. The van der Waals surface area contributed by atoms with Gasteiger partial charge in [0.2, 0.25) is 0 Å². The lowest BCUT2D eigenvalue weighted by molar-refractivity contribution is -0.145. The van der Waals surface area contributed by atoms with Crippen LogP contribution in [0.25, 0.3) is 0 Å². The second-order valence-electron chi connectivity index (χ2n) is 5.17. The number of likely N-dealkylation sites (N-methyl/N-ethyl adjacent to an activating group) is 1. The number of rotatable bonds is 4. The number of hydrogen-bond acceptors (Lipinski definition) is 4. The molecule has 0 amide bonds. The van der Waals surface area contributed by atoms with Crippen LogP contribution in [-0.2, 0) is 13.8 Å². The van der Waals surface area contributed by atoms with Gasteiger partial charge in [0.25, 0.3) is 0 Å². The van der Waals surface area contributed by atoms with Crippen LogP contribution in [-0.4, -0.2) is 34.3 Å². The molecule has 0 bridgehead atoms. The molecule has 0 aromatic rings. The quantitative estimate of drug-likeness (QED) is 0.657. The van der Waals surface area contributed by atoms with Gasteiger partial charge >= 0.3 is 7.82 Å². The first-order valence-corrected chi connectivity index (χ1v) is 7.39. The molecule has 1 aliphatic carbocycles. The van der Waals surface area contributed by atoms with Crippen LogP contribution in [0.2, 0.25) is 0 Å². The molecule has 3 atom stereocenters. The Bertz CT molecular complexity index is 353. The Hall–Kier alpha value is 0.0300. The molecule has 1 saturated carbocycles. The van der Waals surface area contributed by atoms with E-state index in [1.807, 2.05) is 6.92 Å². The van der Waals surface area contributed by atoms with Gasteiger partial charge in [-0.25, -0.2) is 4.57 Å². The van der Waals surface area contributed by atoms with Crippen molar-refractivity contribution >= 4 is 7.82 Å². The van der Waals surface area contributed by atoms with E-state index in [1.54, 1.807) is 14.0 Å². The van der Waals surface area contributed by atoms with E-state index in [0.29, 0.717) is 0 Å². The summed E-state index contributed by atoms with van der Waals surface area (Å²) in [5.74, 6) is 0.150. The molecule has 0 aromatic carbocycles. The van der Waals surface area contributed by atoms with Crippen LogP contribution in [0, 0.1) is 5.92 Å². The Labute approximate surface area is 101 Å². The molecule has 0 radical (unpaired) electrons. The lowest BCUT2D eigenvalue weighted by atomic mass is 9.91. The molecule has 1 spiro atoms. The van der Waals surface area contributed by atoms with Gasteiger partial charge in [-0.15, -0.1) is 0 Å². The Kier molecular flexibility index (Phi) is 3.18. The van der Waals surface area contributed by atoms with Crippen molar-refractivity contribution in [3.63, 3.8) is 0 Å². The van der Waals surface area contributed by atoms with E-state index in [2.05, 4.69) is 5.32 Å². The predicted molar refractivity (Wildman–Crippen MR) is 61.2 cm³/mol. The number of ether oxygens (including phenoxy) is 1. The van der Waals surface area contributed by atoms with Crippen LogP contribution in [0.15, 0.2) is 0 Å². The average Bonchev–Trinajstić information content (AvgIpc) is 2.83. The summed E-state index contributed by atoms with van der Waals surface area (Å²) in [6.07, 6.45) is 2.23. The lowest BCUT2D eigenvalue weighted by Crippen LogP contribution is -2.56. The highest BCUT2D eigenvalue weighted by atomic mass is 31.2. The Morgan fingerprint density at radius 1 is 1.53 bits per heavy atom. The van der Waals surface area contributed by atoms with Gasteiger partial charge in [-0.1, -0.05) is 6.92 Å². The third-order valence-corrected chi connectivity index (χ3v) is 4.48. The van der Waals surface area contributed by atoms with Crippen molar-refractivity contribution in [3.8, 4) is 0 Å². The number of phosphoric acid groups is 1. The molecular weight excluding hydrogens is 245 g/mol. The van der Waals surface area contributed by atoms with E-state index in [0.717, 1.165) is 19.3 Å². The summed E-state index contributed by atoms with van der Waals surface area (Å²) in [5, 5.41) is 3.05. The minimum absolute atomic E-state index is 0.0883. The number of phosphoric ester groups is 1. The first-order valence-electron chi connectivity index (χ1n) is 5.86. The summed E-state index contributed by atoms with van der Waals surface area (Å²) in [7, 11) is -2.76. The highest BCUT2D eigenvalue weighted by Gasteiger charge is 2.62. The Balaban J connectivity index is 2.16. The fourth-order valence-electron chi connectivity index (χ4n) is 2.92. The van der Waals surface area contributed by atoms with Crippen molar-refractivity contribution in [3.05, 3.63) is 0 Å². The summed E-state index contributed by atoms with van der Waals surface area (Å²) >= 11 is 0. The van der Waals surface area contributed by atoms with Crippen molar-refractivity contribution < 1.29 is 23.6 Å². The minimum atomic E-state index is -4.50. The Morgan fingerprint density at radius 2 is 2.12 bits per heavy atom. The van der Waals surface area contributed by atoms with Crippen LogP contribution in [0.5, 0.6) is 0 Å². The Morgan fingerprint density at radius 3 is 2.47 bits per heavy atom. The summed E-state index contributed by atoms with van der Waals surface area (Å²) in [5.41, 5.74) is -0.896. The second-order valence-corrected chi connectivity index (χ2v) is 6.36. The van der Waals surface area contributed by atoms with Crippen LogP contribution >= 0.6 is 7.82 Å². The predicted octanol–water partition coefficient (Wildman–Crippen LogP) is 0.989. The van der Waals surface area contributed by atoms with E-state index >= 15 is 0 Å². The lowest BCUT2D eigenvalue weighted by Gasteiger charge is -2.38. The molecular formula is C10H20NO5P. The molecule has 6 nitrogen and oxygen atoms in total. The van der Waals surface area contributed by atoms with Gasteiger partial charge in [0.1, 0.15) is 11.8 Å². The molecule has 0 unspecified atom stereocenters. The van der Waals surface area contributed by atoms with Crippen molar-refractivity contribution in [1.29, 1.82) is 0 Å². The molecule has 3 N–H and O–H groups in total. The maximum atomic E-state index is 10.9. The van der Waals surface area contributed by atoms with Gasteiger partial charge in [0.05, 0.1) is 5.60 Å². The first-order chi connectivity index (χ1) is 7.73. The van der Waals surface area contributed by atoms with E-state index in [-0.39, 0.29) is 11.5 Å². The van der Waals surface area contributed by atoms with Gasteiger partial charge in [-0.05, 0) is 33.2 Å². The second kappa shape index (κ2) is 4.02. The van der Waals surface area contributed by atoms with Gasteiger partial charge in [0.15, 0.2) is 0 Å². The number of hydrogen-bond donors (Lipinski definition) is 3. The molecule has 0 aromatic heterocycles. The average molecular weight is 265 g/mol. The molecule has 2 fully saturated rings. The third-order valence-electron chi connectivity index (χ3n) is 3.89. The molecule has 17 heavy (non-hydrogen) atoms. The van der Waals surface area contributed by atoms with Gasteiger partial charge < -0.3 is 14.5 Å². The van der Waals surface area contributed by atoms with E-state index in [4.69, 9.17) is 19.0 Å². The zero-order valence-corrected chi connectivity index (χ0v) is 11.2. The van der Waals surface area contributed by atoms with E-state index < -0.39 is 19.7 Å². The molecule has 7 heteroatoms. The first kappa shape index (κ1) is 13.5. The fraction of sp³-hybridized carbons (Fsp3) is 1.00. The topological polar surface area (TPSA) is 88.0 Å². The normalized spacial score (nSPS) is 37.4. The van der Waals surface area contributed by atoms with Crippen molar-refractivity contribution in [2.24, 2.45) is 5.92 Å². The molecule has 2 rings (SSSR count). The molecule has 100 valence electrons. The monoisotopic (exact) mass is 265 g/mol. The standard InChI is InChI=1S/C10H20NO5P/c1-7-6-9(4-5-9)16-10(7,11-3)8(2)15-17(12,13)14/h7-8,11H,4-6H2,1-3H3,(H2,12,13,14)/t7-,8+,10-/m0/s1. The highest BCUT2D eigenvalue weighted by molar-refractivity contribution is 7.46. The molecule has 1 heterocycles. The van der Waals surface area contributed by atoms with E-state index in [1.165, 1.54) is 0 Å². The number of nitrogens with one attached hydrogen (secondary N) is 1. The van der Waals surface area contributed by atoms with Crippen molar-refractivity contribution in [2.75, 3.05) is 7.05 Å². The summed E-state index contributed by atoms with van der Waals surface area (Å²) in [4.78, 5) is 17.8. The van der Waals surface area contributed by atoms with Crippen LogP contribution in [0.1, 0.15) is 33.1 Å². The SMILES string of the molecule is CN[C@]1([C@@H](C)OP(=O)(O)O)OC2(CC2)C[C@@H]1C. The summed E-state index contributed by atoms with van der Waals surface area (Å²) in [6, 6.07) is 0. The smallest absolute Gasteiger partial charge is 0.351 e. The highest BCUT2D eigenvalue weighted by Crippen LogP contribution is 2.57. The summed E-state index contributed by atoms with van der Waals surface area (Å²) < 4.78 is 21.8. The van der Waals surface area contributed by atoms with Crippen molar-refractivity contribution in [1.82, 2.24) is 5.32 Å². The third kappa shape index (κ3) is 2.43. The minimum Gasteiger partial charge on any atom is -0.351 e. The molecule has 1 saturated heterocycles.